The molecule has 36 heavy (non-hydrogen) atoms. The number of hydrogen-bond acceptors (Lipinski definition) is 4. The minimum absolute atomic E-state index is 0.168. The standard InChI is InChI=1S/C31H23NO4/c32-19-24-17-16-23(20-10-4-1-5-11-20)18-25(24)36-31(35)29-26(21-12-6-2-7-13-21)28(30(33)34)27(29)22-14-8-3-9-15-22/h1-18,26-29H,(H,33,34). The van der Waals surface area contributed by atoms with Gasteiger partial charge in [0.25, 0.3) is 0 Å². The molecule has 2 unspecified atom stereocenters. The lowest BCUT2D eigenvalue weighted by Gasteiger charge is -2.49. The maximum absolute atomic E-state index is 13.7. The quantitative estimate of drug-likeness (QED) is 0.273. The molecule has 1 N–H and O–H groups in total. The third-order valence-electron chi connectivity index (χ3n) is 6.89. The summed E-state index contributed by atoms with van der Waals surface area (Å²) in [5.74, 6) is -3.93. The van der Waals surface area contributed by atoms with Crippen molar-refractivity contribution < 1.29 is 19.4 Å². The largest absolute Gasteiger partial charge is 0.481 e. The Bertz CT molecular complexity index is 1380. The zero-order valence-electron chi connectivity index (χ0n) is 19.3. The van der Waals surface area contributed by atoms with Gasteiger partial charge in [-0.25, -0.2) is 0 Å². The van der Waals surface area contributed by atoms with Gasteiger partial charge in [-0.1, -0.05) is 97.1 Å². The number of esters is 1. The Labute approximate surface area is 209 Å². The summed E-state index contributed by atoms with van der Waals surface area (Å²) in [6.07, 6.45) is 0. The summed E-state index contributed by atoms with van der Waals surface area (Å²) < 4.78 is 5.88. The van der Waals surface area contributed by atoms with Gasteiger partial charge in [0.1, 0.15) is 11.8 Å². The van der Waals surface area contributed by atoms with E-state index < -0.39 is 35.6 Å². The summed E-state index contributed by atoms with van der Waals surface area (Å²) in [5.41, 5.74) is 3.53. The maximum Gasteiger partial charge on any atom is 0.315 e. The topological polar surface area (TPSA) is 87.4 Å². The summed E-state index contributed by atoms with van der Waals surface area (Å²) in [6.45, 7) is 0. The Morgan fingerprint density at radius 2 is 1.22 bits per heavy atom. The summed E-state index contributed by atoms with van der Waals surface area (Å²) in [7, 11) is 0. The molecule has 176 valence electrons. The highest BCUT2D eigenvalue weighted by molar-refractivity contribution is 5.86. The van der Waals surface area contributed by atoms with E-state index in [0.29, 0.717) is 0 Å². The number of rotatable bonds is 6. The van der Waals surface area contributed by atoms with Gasteiger partial charge in [-0.05, 0) is 34.4 Å². The van der Waals surface area contributed by atoms with Crippen LogP contribution in [0, 0.1) is 23.2 Å². The van der Waals surface area contributed by atoms with Gasteiger partial charge in [0, 0.05) is 11.8 Å². The van der Waals surface area contributed by atoms with Gasteiger partial charge in [0.05, 0.1) is 17.4 Å². The third kappa shape index (κ3) is 4.25. The van der Waals surface area contributed by atoms with Gasteiger partial charge in [0.15, 0.2) is 0 Å². The molecular formula is C31H23NO4. The first-order chi connectivity index (χ1) is 17.6. The van der Waals surface area contributed by atoms with E-state index in [2.05, 4.69) is 6.07 Å². The number of nitriles is 1. The van der Waals surface area contributed by atoms with Gasteiger partial charge < -0.3 is 9.84 Å². The van der Waals surface area contributed by atoms with Gasteiger partial charge in [-0.2, -0.15) is 5.26 Å². The number of carbonyl (C=O) groups is 2. The molecule has 1 saturated carbocycles. The molecule has 0 aliphatic heterocycles. The van der Waals surface area contributed by atoms with Crippen molar-refractivity contribution in [2.75, 3.05) is 0 Å². The van der Waals surface area contributed by atoms with Crippen LogP contribution in [-0.4, -0.2) is 17.0 Å². The predicted octanol–water partition coefficient (Wildman–Crippen LogP) is 6.03. The molecule has 2 atom stereocenters. The fourth-order valence-corrected chi connectivity index (χ4v) is 5.21. The van der Waals surface area contributed by atoms with Crippen LogP contribution in [0.5, 0.6) is 5.75 Å². The van der Waals surface area contributed by atoms with Crippen LogP contribution in [0.3, 0.4) is 0 Å². The Morgan fingerprint density at radius 3 is 1.72 bits per heavy atom. The predicted molar refractivity (Wildman–Crippen MR) is 135 cm³/mol. The van der Waals surface area contributed by atoms with Gasteiger partial charge >= 0.3 is 11.9 Å². The molecule has 4 aromatic rings. The van der Waals surface area contributed by atoms with Crippen molar-refractivity contribution in [3.05, 3.63) is 126 Å². The van der Waals surface area contributed by atoms with Crippen molar-refractivity contribution in [2.45, 2.75) is 11.8 Å². The SMILES string of the molecule is N#Cc1ccc(-c2ccccc2)cc1OC(=O)C1C(c2ccccc2)C(C(=O)O)C1c1ccccc1. The molecule has 0 aromatic heterocycles. The van der Waals surface area contributed by atoms with Crippen molar-refractivity contribution in [3.8, 4) is 22.9 Å². The summed E-state index contributed by atoms with van der Waals surface area (Å²) in [5, 5.41) is 19.8. The Kier molecular flexibility index (Phi) is 6.34. The fraction of sp³-hybridized carbons (Fsp3) is 0.129. The number of nitrogens with zero attached hydrogens (tertiary/aromatic N) is 1. The number of ether oxygens (including phenoxy) is 1. The summed E-state index contributed by atoms with van der Waals surface area (Å²) >= 11 is 0. The molecule has 0 amide bonds. The summed E-state index contributed by atoms with van der Waals surface area (Å²) in [6, 6.07) is 35.3. The monoisotopic (exact) mass is 473 g/mol. The van der Waals surface area contributed by atoms with Crippen molar-refractivity contribution in [2.24, 2.45) is 11.8 Å². The molecule has 0 saturated heterocycles. The number of carboxylic acid groups (broad SMARTS) is 1. The van der Waals surface area contributed by atoms with E-state index in [0.717, 1.165) is 22.3 Å². The molecule has 0 bridgehead atoms. The Hall–Kier alpha value is -4.69. The Balaban J connectivity index is 1.54. The summed E-state index contributed by atoms with van der Waals surface area (Å²) in [4.78, 5) is 26.1. The number of aliphatic carboxylic acids is 1. The van der Waals surface area contributed by atoms with E-state index >= 15 is 0 Å². The minimum atomic E-state index is -0.953. The molecule has 1 aliphatic rings. The molecule has 1 fully saturated rings. The van der Waals surface area contributed by atoms with E-state index in [-0.39, 0.29) is 11.3 Å². The molecule has 5 rings (SSSR count). The fourth-order valence-electron chi connectivity index (χ4n) is 5.21. The molecule has 5 nitrogen and oxygen atoms in total. The van der Waals surface area contributed by atoms with Crippen molar-refractivity contribution in [3.63, 3.8) is 0 Å². The lowest BCUT2D eigenvalue weighted by atomic mass is 9.52. The highest BCUT2D eigenvalue weighted by atomic mass is 16.5. The second kappa shape index (κ2) is 9.89. The van der Waals surface area contributed by atoms with Crippen molar-refractivity contribution in [1.82, 2.24) is 0 Å². The third-order valence-corrected chi connectivity index (χ3v) is 6.89. The molecule has 4 aromatic carbocycles. The molecule has 0 spiro atoms. The van der Waals surface area contributed by atoms with Crippen LogP contribution in [0.25, 0.3) is 11.1 Å². The van der Waals surface area contributed by atoms with Crippen LogP contribution in [0.2, 0.25) is 0 Å². The van der Waals surface area contributed by atoms with E-state index in [1.165, 1.54) is 0 Å². The maximum atomic E-state index is 13.7. The highest BCUT2D eigenvalue weighted by Crippen LogP contribution is 2.58. The van der Waals surface area contributed by atoms with Crippen LogP contribution >= 0.6 is 0 Å². The number of hydrogen-bond donors (Lipinski definition) is 1. The molecule has 1 aliphatic carbocycles. The van der Waals surface area contributed by atoms with E-state index in [1.807, 2.05) is 97.1 Å². The average molecular weight is 474 g/mol. The van der Waals surface area contributed by atoms with Crippen LogP contribution < -0.4 is 4.74 Å². The first-order valence-corrected chi connectivity index (χ1v) is 11.7. The van der Waals surface area contributed by atoms with Gasteiger partial charge in [0.2, 0.25) is 0 Å². The number of carboxylic acids is 1. The van der Waals surface area contributed by atoms with Crippen LogP contribution in [-0.2, 0) is 9.59 Å². The van der Waals surface area contributed by atoms with Crippen LogP contribution in [0.15, 0.2) is 109 Å². The lowest BCUT2D eigenvalue weighted by Crippen LogP contribution is -2.52. The average Bonchev–Trinajstić information content (AvgIpc) is 2.89. The normalized spacial score (nSPS) is 20.5. The first-order valence-electron chi connectivity index (χ1n) is 11.7. The van der Waals surface area contributed by atoms with E-state index in [1.54, 1.807) is 12.1 Å². The van der Waals surface area contributed by atoms with Crippen LogP contribution in [0.4, 0.5) is 0 Å². The smallest absolute Gasteiger partial charge is 0.315 e. The zero-order chi connectivity index (χ0) is 25.1. The highest BCUT2D eigenvalue weighted by Gasteiger charge is 2.59. The van der Waals surface area contributed by atoms with Gasteiger partial charge in [-0.3, -0.25) is 9.59 Å². The zero-order valence-corrected chi connectivity index (χ0v) is 19.3. The van der Waals surface area contributed by atoms with Gasteiger partial charge in [-0.15, -0.1) is 0 Å². The second-order valence-corrected chi connectivity index (χ2v) is 8.87. The second-order valence-electron chi connectivity index (χ2n) is 8.87. The Morgan fingerprint density at radius 1 is 0.694 bits per heavy atom. The molecular weight excluding hydrogens is 450 g/mol. The van der Waals surface area contributed by atoms with Crippen molar-refractivity contribution in [1.29, 1.82) is 5.26 Å². The molecule has 5 heteroatoms. The van der Waals surface area contributed by atoms with E-state index in [4.69, 9.17) is 4.74 Å². The lowest BCUT2D eigenvalue weighted by molar-refractivity contribution is -0.158. The number of benzene rings is 4. The first kappa shape index (κ1) is 23.1. The molecule has 0 radical (unpaired) electrons. The van der Waals surface area contributed by atoms with Crippen LogP contribution in [0.1, 0.15) is 28.5 Å². The minimum Gasteiger partial charge on any atom is -0.481 e. The van der Waals surface area contributed by atoms with Crippen molar-refractivity contribution >= 4 is 11.9 Å². The molecule has 0 heterocycles. The number of carbonyl (C=O) groups excluding carboxylic acids is 1. The van der Waals surface area contributed by atoms with E-state index in [9.17, 15) is 20.0 Å².